The van der Waals surface area contributed by atoms with Crippen LogP contribution < -0.4 is 0 Å². The zero-order chi connectivity index (χ0) is 18.5. The van der Waals surface area contributed by atoms with Crippen molar-refractivity contribution in [3.05, 3.63) is 59.7 Å². The Balaban J connectivity index is 1.64. The molecule has 0 saturated heterocycles. The molecule has 0 aliphatic carbocycles. The van der Waals surface area contributed by atoms with E-state index in [1.54, 1.807) is 7.05 Å². The molecule has 0 aliphatic heterocycles. The molecule has 2 aromatic heterocycles. The highest BCUT2D eigenvalue weighted by molar-refractivity contribution is 5.92. The first-order valence-corrected chi connectivity index (χ1v) is 8.22. The molecule has 0 bridgehead atoms. The molecule has 0 unspecified atom stereocenters. The van der Waals surface area contributed by atoms with Crippen molar-refractivity contribution in [3.8, 4) is 0 Å². The van der Waals surface area contributed by atoms with Crippen LogP contribution in [0.4, 0.5) is 0 Å². The van der Waals surface area contributed by atoms with Gasteiger partial charge in [-0.2, -0.15) is 10.1 Å². The van der Waals surface area contributed by atoms with Crippen LogP contribution in [0.25, 0.3) is 5.78 Å². The van der Waals surface area contributed by atoms with Gasteiger partial charge < -0.3 is 9.64 Å². The first-order chi connectivity index (χ1) is 12.6. The van der Waals surface area contributed by atoms with Crippen molar-refractivity contribution in [1.29, 1.82) is 0 Å². The normalized spacial score (nSPS) is 10.7. The Bertz CT molecular complexity index is 923. The molecule has 2 heterocycles. The van der Waals surface area contributed by atoms with Crippen LogP contribution in [0.5, 0.6) is 0 Å². The summed E-state index contributed by atoms with van der Waals surface area (Å²) in [6.45, 7) is 2.01. The van der Waals surface area contributed by atoms with Crippen LogP contribution in [0.2, 0.25) is 0 Å². The van der Waals surface area contributed by atoms with Crippen molar-refractivity contribution in [1.82, 2.24) is 24.5 Å². The first-order valence-electron chi connectivity index (χ1n) is 8.22. The van der Waals surface area contributed by atoms with Gasteiger partial charge in [-0.15, -0.1) is 0 Å². The fourth-order valence-corrected chi connectivity index (χ4v) is 2.60. The van der Waals surface area contributed by atoms with Crippen LogP contribution in [0.1, 0.15) is 28.5 Å². The summed E-state index contributed by atoms with van der Waals surface area (Å²) >= 11 is 0. The van der Waals surface area contributed by atoms with E-state index in [2.05, 4.69) is 15.1 Å². The van der Waals surface area contributed by atoms with E-state index in [1.807, 2.05) is 37.3 Å². The summed E-state index contributed by atoms with van der Waals surface area (Å²) in [7, 11) is 1.67. The molecule has 0 saturated carbocycles. The van der Waals surface area contributed by atoms with Gasteiger partial charge in [0, 0.05) is 19.8 Å². The Hall–Kier alpha value is -3.29. The fraction of sp³-hybridized carbons (Fsp3) is 0.278. The van der Waals surface area contributed by atoms with Crippen molar-refractivity contribution >= 4 is 17.7 Å². The highest BCUT2D eigenvalue weighted by Crippen LogP contribution is 2.11. The van der Waals surface area contributed by atoms with Gasteiger partial charge in [0.2, 0.25) is 0 Å². The molecule has 8 nitrogen and oxygen atoms in total. The lowest BCUT2D eigenvalue weighted by Gasteiger charge is -2.17. The second-order valence-electron chi connectivity index (χ2n) is 5.76. The number of hydrogen-bond donors (Lipinski definition) is 0. The average molecular weight is 353 g/mol. The summed E-state index contributed by atoms with van der Waals surface area (Å²) in [5, 5.41) is 4.06. The third kappa shape index (κ3) is 3.69. The standard InChI is InChI=1S/C18H19N5O3/c1-3-15-14(9-19-18-20-12-21-23(15)18)17(25)26-11-16(24)22(2)10-13-7-5-4-6-8-13/h4-9,12H,3,10-11H2,1-2H3. The Morgan fingerprint density at radius 3 is 2.69 bits per heavy atom. The number of ether oxygens (including phenoxy) is 1. The van der Waals surface area contributed by atoms with Gasteiger partial charge >= 0.3 is 5.97 Å². The van der Waals surface area contributed by atoms with Gasteiger partial charge in [-0.3, -0.25) is 4.79 Å². The minimum absolute atomic E-state index is 0.281. The van der Waals surface area contributed by atoms with Crippen molar-refractivity contribution in [2.75, 3.05) is 13.7 Å². The van der Waals surface area contributed by atoms with Crippen molar-refractivity contribution in [3.63, 3.8) is 0 Å². The lowest BCUT2D eigenvalue weighted by molar-refractivity contribution is -0.133. The Labute approximate surface area is 150 Å². The molecule has 0 spiro atoms. The van der Waals surface area contributed by atoms with E-state index in [-0.39, 0.29) is 18.1 Å². The molecule has 26 heavy (non-hydrogen) atoms. The van der Waals surface area contributed by atoms with E-state index in [0.717, 1.165) is 5.56 Å². The number of carbonyl (C=O) groups is 2. The van der Waals surface area contributed by atoms with E-state index in [0.29, 0.717) is 24.4 Å². The smallest absolute Gasteiger partial charge is 0.342 e. The summed E-state index contributed by atoms with van der Waals surface area (Å²) in [5.41, 5.74) is 1.93. The van der Waals surface area contributed by atoms with Crippen LogP contribution in [0.3, 0.4) is 0 Å². The van der Waals surface area contributed by atoms with Crippen LogP contribution >= 0.6 is 0 Å². The van der Waals surface area contributed by atoms with Gasteiger partial charge in [-0.05, 0) is 12.0 Å². The van der Waals surface area contributed by atoms with E-state index >= 15 is 0 Å². The minimum Gasteiger partial charge on any atom is -0.452 e. The zero-order valence-corrected chi connectivity index (χ0v) is 14.6. The molecule has 1 aromatic carbocycles. The quantitative estimate of drug-likeness (QED) is 0.624. The topological polar surface area (TPSA) is 89.7 Å². The summed E-state index contributed by atoms with van der Waals surface area (Å²) in [6, 6.07) is 9.60. The van der Waals surface area contributed by atoms with Crippen molar-refractivity contribution in [2.24, 2.45) is 0 Å². The van der Waals surface area contributed by atoms with E-state index in [4.69, 9.17) is 4.74 Å². The summed E-state index contributed by atoms with van der Waals surface area (Å²) < 4.78 is 6.68. The molecule has 0 radical (unpaired) electrons. The molecule has 0 aliphatic rings. The van der Waals surface area contributed by atoms with Crippen LogP contribution in [0.15, 0.2) is 42.9 Å². The molecule has 0 N–H and O–H groups in total. The highest BCUT2D eigenvalue weighted by Gasteiger charge is 2.19. The Morgan fingerprint density at radius 1 is 1.19 bits per heavy atom. The molecule has 0 atom stereocenters. The Morgan fingerprint density at radius 2 is 1.96 bits per heavy atom. The minimum atomic E-state index is -0.604. The number of aromatic nitrogens is 4. The third-order valence-electron chi connectivity index (χ3n) is 3.98. The van der Waals surface area contributed by atoms with Crippen LogP contribution in [-0.4, -0.2) is 50.0 Å². The lowest BCUT2D eigenvalue weighted by Crippen LogP contribution is -2.31. The monoisotopic (exact) mass is 353 g/mol. The third-order valence-corrected chi connectivity index (χ3v) is 3.98. The number of amides is 1. The summed E-state index contributed by atoms with van der Waals surface area (Å²) in [5.74, 6) is -0.472. The predicted octanol–water partition coefficient (Wildman–Crippen LogP) is 1.50. The van der Waals surface area contributed by atoms with Crippen LogP contribution in [-0.2, 0) is 22.5 Å². The molecular formula is C18H19N5O3. The number of esters is 1. The SMILES string of the molecule is CCc1c(C(=O)OCC(=O)N(C)Cc2ccccc2)cnc2ncnn12. The van der Waals surface area contributed by atoms with Gasteiger partial charge in [0.15, 0.2) is 6.61 Å². The lowest BCUT2D eigenvalue weighted by atomic mass is 10.2. The van der Waals surface area contributed by atoms with Gasteiger partial charge in [-0.25, -0.2) is 14.3 Å². The number of rotatable bonds is 6. The van der Waals surface area contributed by atoms with Gasteiger partial charge in [-0.1, -0.05) is 37.3 Å². The number of likely N-dealkylation sites (N-methyl/N-ethyl adjacent to an activating group) is 1. The number of nitrogens with zero attached hydrogens (tertiary/aromatic N) is 5. The molecule has 3 rings (SSSR count). The molecule has 0 fully saturated rings. The number of aryl methyl sites for hydroxylation is 1. The summed E-state index contributed by atoms with van der Waals surface area (Å²) in [4.78, 5) is 34.2. The second kappa shape index (κ2) is 7.73. The zero-order valence-electron chi connectivity index (χ0n) is 14.6. The molecule has 134 valence electrons. The second-order valence-corrected chi connectivity index (χ2v) is 5.76. The van der Waals surface area contributed by atoms with Crippen LogP contribution in [0, 0.1) is 0 Å². The Kier molecular flexibility index (Phi) is 5.21. The largest absolute Gasteiger partial charge is 0.452 e. The number of benzene rings is 1. The first kappa shape index (κ1) is 17.5. The maximum absolute atomic E-state index is 12.4. The fourth-order valence-electron chi connectivity index (χ4n) is 2.60. The highest BCUT2D eigenvalue weighted by atomic mass is 16.5. The van der Waals surface area contributed by atoms with E-state index in [1.165, 1.54) is 21.9 Å². The average Bonchev–Trinajstić information content (AvgIpc) is 3.14. The maximum Gasteiger partial charge on any atom is 0.342 e. The molecule has 1 amide bonds. The summed E-state index contributed by atoms with van der Waals surface area (Å²) in [6.07, 6.45) is 3.33. The van der Waals surface area contributed by atoms with Crippen molar-refractivity contribution in [2.45, 2.75) is 19.9 Å². The van der Waals surface area contributed by atoms with E-state index < -0.39 is 5.97 Å². The maximum atomic E-state index is 12.4. The predicted molar refractivity (Wildman–Crippen MR) is 93.4 cm³/mol. The molecule has 3 aromatic rings. The van der Waals surface area contributed by atoms with Crippen molar-refractivity contribution < 1.29 is 14.3 Å². The van der Waals surface area contributed by atoms with Gasteiger partial charge in [0.1, 0.15) is 6.33 Å². The molecule has 8 heteroatoms. The number of hydrogen-bond acceptors (Lipinski definition) is 6. The van der Waals surface area contributed by atoms with E-state index in [9.17, 15) is 9.59 Å². The van der Waals surface area contributed by atoms with Gasteiger partial charge in [0.25, 0.3) is 11.7 Å². The number of fused-ring (bicyclic) bond motifs is 1. The molecular weight excluding hydrogens is 334 g/mol. The number of carbonyl (C=O) groups excluding carboxylic acids is 2. The van der Waals surface area contributed by atoms with Gasteiger partial charge in [0.05, 0.1) is 11.3 Å².